The molecule has 4 aromatic rings. The van der Waals surface area contributed by atoms with Gasteiger partial charge in [0.15, 0.2) is 5.11 Å². The van der Waals surface area contributed by atoms with E-state index in [4.69, 9.17) is 28.2 Å². The summed E-state index contributed by atoms with van der Waals surface area (Å²) in [6.45, 7) is 2.25. The lowest BCUT2D eigenvalue weighted by atomic mass is 10.0. The number of carbonyl (C=O) groups is 1. The summed E-state index contributed by atoms with van der Waals surface area (Å²) in [6.07, 6.45) is 1.83. The highest BCUT2D eigenvalue weighted by atomic mass is 35.5. The normalized spacial score (nSPS) is 17.1. The van der Waals surface area contributed by atoms with Crippen LogP contribution in [0.4, 0.5) is 10.1 Å². The quantitative estimate of drug-likeness (QED) is 0.266. The van der Waals surface area contributed by atoms with Crippen molar-refractivity contribution < 1.29 is 13.6 Å². The third-order valence-corrected chi connectivity index (χ3v) is 7.06. The molecule has 9 heteroatoms. The molecule has 5 rings (SSSR count). The predicted molar refractivity (Wildman–Crippen MR) is 146 cm³/mol. The minimum absolute atomic E-state index is 0.0999. The fourth-order valence-corrected chi connectivity index (χ4v) is 4.88. The Morgan fingerprint density at radius 3 is 2.73 bits per heavy atom. The van der Waals surface area contributed by atoms with Crippen LogP contribution in [0.25, 0.3) is 11.3 Å². The molecule has 2 aromatic heterocycles. The van der Waals surface area contributed by atoms with E-state index in [9.17, 15) is 9.18 Å². The van der Waals surface area contributed by atoms with E-state index in [1.165, 1.54) is 12.1 Å². The van der Waals surface area contributed by atoms with Gasteiger partial charge in [0.1, 0.15) is 23.4 Å². The monoisotopic (exact) mass is 534 g/mol. The van der Waals surface area contributed by atoms with E-state index in [1.807, 2.05) is 60.4 Å². The van der Waals surface area contributed by atoms with Gasteiger partial charge in [0.2, 0.25) is 5.91 Å². The van der Waals surface area contributed by atoms with E-state index in [-0.39, 0.29) is 30.1 Å². The third kappa shape index (κ3) is 5.35. The zero-order valence-corrected chi connectivity index (χ0v) is 21.5. The second-order valence-corrected chi connectivity index (χ2v) is 9.56. The Bertz CT molecular complexity index is 1450. The van der Waals surface area contributed by atoms with Gasteiger partial charge >= 0.3 is 0 Å². The second-order valence-electron chi connectivity index (χ2n) is 8.76. The summed E-state index contributed by atoms with van der Waals surface area (Å²) in [4.78, 5) is 19.1. The van der Waals surface area contributed by atoms with Gasteiger partial charge in [-0.25, -0.2) is 4.39 Å². The topological polar surface area (TPSA) is 70.4 Å². The Balaban J connectivity index is 1.41. The molecule has 0 spiro atoms. The van der Waals surface area contributed by atoms with Crippen molar-refractivity contribution in [2.45, 2.75) is 25.4 Å². The van der Waals surface area contributed by atoms with Crippen LogP contribution in [-0.2, 0) is 4.79 Å². The Hall–Kier alpha value is -3.75. The molecule has 188 valence electrons. The molecule has 0 bridgehead atoms. The van der Waals surface area contributed by atoms with Crippen molar-refractivity contribution >= 4 is 40.5 Å². The van der Waals surface area contributed by atoms with E-state index in [0.717, 1.165) is 16.8 Å². The fourth-order valence-electron chi connectivity index (χ4n) is 4.37. The number of nitrogens with zero attached hydrogens (tertiary/aromatic N) is 2. The van der Waals surface area contributed by atoms with E-state index < -0.39 is 5.82 Å². The number of rotatable bonds is 7. The number of pyridine rings is 1. The lowest BCUT2D eigenvalue weighted by Gasteiger charge is -2.25. The summed E-state index contributed by atoms with van der Waals surface area (Å²) in [5.41, 5.74) is 2.78. The lowest BCUT2D eigenvalue weighted by molar-refractivity contribution is -0.116. The smallest absolute Gasteiger partial charge is 0.226 e. The number of carbonyl (C=O) groups excluding carboxylic acids is 1. The van der Waals surface area contributed by atoms with Crippen LogP contribution >= 0.6 is 23.8 Å². The number of para-hydroxylation sites is 1. The molecule has 37 heavy (non-hydrogen) atoms. The molecule has 0 unspecified atom stereocenters. The van der Waals surface area contributed by atoms with Crippen LogP contribution in [0.15, 0.2) is 83.4 Å². The number of aryl methyl sites for hydroxylation is 1. The molecule has 1 fully saturated rings. The number of halogens is 2. The summed E-state index contributed by atoms with van der Waals surface area (Å²) in [7, 11) is 0. The maximum atomic E-state index is 14.0. The first kappa shape index (κ1) is 24.9. The van der Waals surface area contributed by atoms with Crippen molar-refractivity contribution in [3.8, 4) is 11.3 Å². The zero-order valence-electron chi connectivity index (χ0n) is 19.9. The van der Waals surface area contributed by atoms with Gasteiger partial charge in [-0.15, -0.1) is 0 Å². The van der Waals surface area contributed by atoms with Crippen LogP contribution in [0.1, 0.15) is 35.5 Å². The Labute approximate surface area is 224 Å². The van der Waals surface area contributed by atoms with E-state index in [0.29, 0.717) is 28.2 Å². The fraction of sp³-hybridized carbons (Fsp3) is 0.179. The summed E-state index contributed by atoms with van der Waals surface area (Å²) in [6, 6.07) is 20.7. The van der Waals surface area contributed by atoms with Gasteiger partial charge in [-0.3, -0.25) is 9.78 Å². The van der Waals surface area contributed by atoms with Gasteiger partial charge in [0.05, 0.1) is 17.4 Å². The maximum Gasteiger partial charge on any atom is 0.226 e. The summed E-state index contributed by atoms with van der Waals surface area (Å²) in [5.74, 6) is 0.542. The summed E-state index contributed by atoms with van der Waals surface area (Å²) >= 11 is 12.0. The van der Waals surface area contributed by atoms with E-state index in [1.54, 1.807) is 18.3 Å². The number of thiocarbonyl (C=S) groups is 1. The van der Waals surface area contributed by atoms with Crippen LogP contribution in [0.5, 0.6) is 0 Å². The van der Waals surface area contributed by atoms with Crippen molar-refractivity contribution in [1.82, 2.24) is 15.2 Å². The van der Waals surface area contributed by atoms with Crippen molar-refractivity contribution in [2.75, 3.05) is 11.9 Å². The Morgan fingerprint density at radius 1 is 1.16 bits per heavy atom. The highest BCUT2D eigenvalue weighted by Crippen LogP contribution is 2.40. The molecule has 2 aromatic carbocycles. The second kappa shape index (κ2) is 10.7. The number of hydrogen-bond acceptors (Lipinski definition) is 4. The van der Waals surface area contributed by atoms with E-state index >= 15 is 0 Å². The number of amides is 1. The van der Waals surface area contributed by atoms with Crippen LogP contribution in [0, 0.1) is 12.7 Å². The van der Waals surface area contributed by atoms with Gasteiger partial charge in [-0.2, -0.15) is 0 Å². The average molecular weight is 535 g/mol. The van der Waals surface area contributed by atoms with Crippen LogP contribution in [0.2, 0.25) is 5.02 Å². The molecule has 6 nitrogen and oxygen atoms in total. The molecular formula is C28H24ClFN4O2S. The Kier molecular flexibility index (Phi) is 7.21. The molecule has 2 N–H and O–H groups in total. The first-order valence-corrected chi connectivity index (χ1v) is 12.6. The minimum Gasteiger partial charge on any atom is -0.459 e. The maximum absolute atomic E-state index is 14.0. The standard InChI is InChI=1S/C28H24ClFN4O2S/c1-17-9-10-18(16-19(17)29)23-11-12-24(36-23)27-26(22-8-4-5-14-31-22)33-28(37)34(27)15-13-25(35)32-21-7-3-2-6-20(21)30/h2-12,14,16,26-27H,13,15H2,1H3,(H,32,35)(H,33,37)/t26-,27-/m1/s1. The molecule has 1 saturated heterocycles. The Morgan fingerprint density at radius 2 is 1.97 bits per heavy atom. The predicted octanol–water partition coefficient (Wildman–Crippen LogP) is 6.44. The molecule has 0 saturated carbocycles. The van der Waals surface area contributed by atoms with Gasteiger partial charge < -0.3 is 20.0 Å². The molecule has 0 aliphatic carbocycles. The number of benzene rings is 2. The number of anilines is 1. The van der Waals surface area contributed by atoms with Crippen LogP contribution in [-0.4, -0.2) is 27.4 Å². The van der Waals surface area contributed by atoms with Crippen molar-refractivity contribution in [1.29, 1.82) is 0 Å². The third-order valence-electron chi connectivity index (χ3n) is 6.30. The van der Waals surface area contributed by atoms with Crippen molar-refractivity contribution in [3.63, 3.8) is 0 Å². The van der Waals surface area contributed by atoms with Gasteiger partial charge in [0.25, 0.3) is 0 Å². The highest BCUT2D eigenvalue weighted by molar-refractivity contribution is 7.80. The molecule has 1 amide bonds. The van der Waals surface area contributed by atoms with Crippen LogP contribution in [0.3, 0.4) is 0 Å². The molecule has 0 radical (unpaired) electrons. The summed E-state index contributed by atoms with van der Waals surface area (Å²) in [5, 5.41) is 7.11. The number of hydrogen-bond donors (Lipinski definition) is 2. The van der Waals surface area contributed by atoms with Gasteiger partial charge in [0, 0.05) is 29.7 Å². The van der Waals surface area contributed by atoms with Crippen molar-refractivity contribution in [2.24, 2.45) is 0 Å². The largest absolute Gasteiger partial charge is 0.459 e. The van der Waals surface area contributed by atoms with E-state index in [2.05, 4.69) is 15.6 Å². The average Bonchev–Trinajstić information content (AvgIpc) is 3.51. The highest BCUT2D eigenvalue weighted by Gasteiger charge is 2.41. The molecular weight excluding hydrogens is 511 g/mol. The molecule has 1 aliphatic heterocycles. The lowest BCUT2D eigenvalue weighted by Crippen LogP contribution is -2.32. The van der Waals surface area contributed by atoms with Gasteiger partial charge in [-0.05, 0) is 67.2 Å². The van der Waals surface area contributed by atoms with Crippen molar-refractivity contribution in [3.05, 3.63) is 107 Å². The molecule has 2 atom stereocenters. The number of aromatic nitrogens is 1. The van der Waals surface area contributed by atoms with Gasteiger partial charge in [-0.1, -0.05) is 41.9 Å². The first-order chi connectivity index (χ1) is 17.9. The SMILES string of the molecule is Cc1ccc(-c2ccc([C@@H]3[C@@H](c4ccccn4)NC(=S)N3CCC(=O)Nc3ccccc3F)o2)cc1Cl. The zero-order chi connectivity index (χ0) is 25.9. The minimum atomic E-state index is -0.485. The number of nitrogens with one attached hydrogen (secondary N) is 2. The molecule has 3 heterocycles. The van der Waals surface area contributed by atoms with Crippen LogP contribution < -0.4 is 10.6 Å². The first-order valence-electron chi connectivity index (χ1n) is 11.8. The number of furan rings is 1. The summed E-state index contributed by atoms with van der Waals surface area (Å²) < 4.78 is 20.3. The molecule has 1 aliphatic rings.